The van der Waals surface area contributed by atoms with Gasteiger partial charge in [-0.15, -0.1) is 0 Å². The first-order valence-electron chi connectivity index (χ1n) is 6.94. The molecule has 0 saturated carbocycles. The molecule has 1 saturated heterocycles. The maximum Gasteiger partial charge on any atom is 0.108 e. The summed E-state index contributed by atoms with van der Waals surface area (Å²) in [6.45, 7) is 2.58. The zero-order chi connectivity index (χ0) is 12.7. The van der Waals surface area contributed by atoms with Gasteiger partial charge in [-0.05, 0) is 6.42 Å². The van der Waals surface area contributed by atoms with Crippen molar-refractivity contribution in [2.24, 2.45) is 0 Å². The van der Waals surface area contributed by atoms with E-state index in [-0.39, 0.29) is 6.04 Å². The third kappa shape index (κ3) is 4.92. The first-order chi connectivity index (χ1) is 8.16. The number of piperidine rings is 1. The van der Waals surface area contributed by atoms with Crippen LogP contribution < -0.4 is 5.32 Å². The summed E-state index contributed by atoms with van der Waals surface area (Å²) in [4.78, 5) is 0. The Morgan fingerprint density at radius 2 is 1.59 bits per heavy atom. The molecule has 0 unspecified atom stereocenters. The molecule has 0 aromatic heterocycles. The molecule has 0 spiro atoms. The Balaban J connectivity index is 2.10. The Labute approximate surface area is 104 Å². The Kier molecular flexibility index (Phi) is 7.04. The van der Waals surface area contributed by atoms with Gasteiger partial charge in [-0.1, -0.05) is 45.4 Å². The Bertz CT molecular complexity index is 201. The predicted molar refractivity (Wildman–Crippen MR) is 67.8 cm³/mol. The molecule has 1 aliphatic rings. The SMILES string of the molecule is CCCCCCCC[C@H]1NC[C@@H](O)[C@@H](O)[C@@H]1O. The topological polar surface area (TPSA) is 72.7 Å². The molecule has 1 fully saturated rings. The van der Waals surface area contributed by atoms with E-state index in [9.17, 15) is 15.3 Å². The number of aliphatic hydroxyl groups is 3. The summed E-state index contributed by atoms with van der Waals surface area (Å²) >= 11 is 0. The Morgan fingerprint density at radius 3 is 2.29 bits per heavy atom. The quantitative estimate of drug-likeness (QED) is 0.500. The summed E-state index contributed by atoms with van der Waals surface area (Å²) in [7, 11) is 0. The maximum atomic E-state index is 9.78. The molecule has 1 heterocycles. The van der Waals surface area contributed by atoms with Crippen LogP contribution in [0.1, 0.15) is 51.9 Å². The van der Waals surface area contributed by atoms with Crippen LogP contribution in [0.5, 0.6) is 0 Å². The number of aliphatic hydroxyl groups excluding tert-OH is 3. The Hall–Kier alpha value is -0.160. The number of unbranched alkanes of at least 4 members (excludes halogenated alkanes) is 5. The highest BCUT2D eigenvalue weighted by Gasteiger charge is 2.35. The molecule has 0 bridgehead atoms. The van der Waals surface area contributed by atoms with E-state index in [0.29, 0.717) is 6.54 Å². The molecular weight excluding hydrogens is 218 g/mol. The first kappa shape index (κ1) is 14.9. The fraction of sp³-hybridized carbons (Fsp3) is 1.00. The highest BCUT2D eigenvalue weighted by Crippen LogP contribution is 2.16. The molecule has 0 aliphatic carbocycles. The fourth-order valence-electron chi connectivity index (χ4n) is 2.40. The molecule has 0 amide bonds. The minimum atomic E-state index is -0.999. The van der Waals surface area contributed by atoms with Crippen LogP contribution in [-0.4, -0.2) is 46.2 Å². The summed E-state index contributed by atoms with van der Waals surface area (Å²) in [6.07, 6.45) is 5.55. The van der Waals surface area contributed by atoms with Crippen molar-refractivity contribution in [1.82, 2.24) is 5.32 Å². The van der Waals surface area contributed by atoms with Gasteiger partial charge in [0.25, 0.3) is 0 Å². The molecular formula is C13H27NO3. The molecule has 4 N–H and O–H groups in total. The van der Waals surface area contributed by atoms with Crippen molar-refractivity contribution in [1.29, 1.82) is 0 Å². The van der Waals surface area contributed by atoms with Gasteiger partial charge in [0.2, 0.25) is 0 Å². The lowest BCUT2D eigenvalue weighted by atomic mass is 9.92. The van der Waals surface area contributed by atoms with E-state index < -0.39 is 18.3 Å². The van der Waals surface area contributed by atoms with E-state index in [4.69, 9.17) is 0 Å². The van der Waals surface area contributed by atoms with Gasteiger partial charge >= 0.3 is 0 Å². The Morgan fingerprint density at radius 1 is 0.941 bits per heavy atom. The van der Waals surface area contributed by atoms with Gasteiger partial charge < -0.3 is 20.6 Å². The third-order valence-electron chi connectivity index (χ3n) is 3.61. The smallest absolute Gasteiger partial charge is 0.108 e. The van der Waals surface area contributed by atoms with Gasteiger partial charge in [0, 0.05) is 12.6 Å². The van der Waals surface area contributed by atoms with Crippen molar-refractivity contribution in [2.45, 2.75) is 76.2 Å². The molecule has 0 aromatic carbocycles. The number of β-amino-alcohol motifs (C(OH)–C–C–N with tert-alkyl or cyclic N) is 1. The van der Waals surface area contributed by atoms with Gasteiger partial charge in [-0.2, -0.15) is 0 Å². The van der Waals surface area contributed by atoms with Crippen LogP contribution in [0.15, 0.2) is 0 Å². The average Bonchev–Trinajstić information content (AvgIpc) is 2.33. The van der Waals surface area contributed by atoms with Gasteiger partial charge in [-0.25, -0.2) is 0 Å². The van der Waals surface area contributed by atoms with E-state index in [0.717, 1.165) is 12.8 Å². The lowest BCUT2D eigenvalue weighted by Gasteiger charge is -2.36. The lowest BCUT2D eigenvalue weighted by molar-refractivity contribution is -0.0952. The molecule has 4 nitrogen and oxygen atoms in total. The van der Waals surface area contributed by atoms with Crippen molar-refractivity contribution in [3.63, 3.8) is 0 Å². The highest BCUT2D eigenvalue weighted by atomic mass is 16.4. The lowest BCUT2D eigenvalue weighted by Crippen LogP contribution is -2.59. The highest BCUT2D eigenvalue weighted by molar-refractivity contribution is 4.91. The van der Waals surface area contributed by atoms with Crippen molar-refractivity contribution >= 4 is 0 Å². The molecule has 17 heavy (non-hydrogen) atoms. The van der Waals surface area contributed by atoms with Gasteiger partial charge in [0.1, 0.15) is 6.10 Å². The molecule has 1 rings (SSSR count). The van der Waals surface area contributed by atoms with Crippen molar-refractivity contribution < 1.29 is 15.3 Å². The van der Waals surface area contributed by atoms with E-state index in [2.05, 4.69) is 12.2 Å². The zero-order valence-electron chi connectivity index (χ0n) is 10.8. The van der Waals surface area contributed by atoms with Crippen LogP contribution in [0, 0.1) is 0 Å². The van der Waals surface area contributed by atoms with Gasteiger partial charge in [0.15, 0.2) is 0 Å². The van der Waals surface area contributed by atoms with Gasteiger partial charge in [0.05, 0.1) is 12.2 Å². The summed E-state index contributed by atoms with van der Waals surface area (Å²) in [5.74, 6) is 0. The van der Waals surface area contributed by atoms with E-state index in [1.165, 1.54) is 32.1 Å². The second kappa shape index (κ2) is 8.03. The van der Waals surface area contributed by atoms with Crippen LogP contribution in [0.2, 0.25) is 0 Å². The molecule has 4 heteroatoms. The normalized spacial score (nSPS) is 33.9. The minimum Gasteiger partial charge on any atom is -0.389 e. The van der Waals surface area contributed by atoms with Crippen LogP contribution in [0.3, 0.4) is 0 Å². The number of nitrogens with one attached hydrogen (secondary N) is 1. The summed E-state index contributed by atoms with van der Waals surface area (Å²) in [5, 5.41) is 31.8. The molecule has 0 radical (unpaired) electrons. The fourth-order valence-corrected chi connectivity index (χ4v) is 2.40. The van der Waals surface area contributed by atoms with Crippen molar-refractivity contribution in [2.75, 3.05) is 6.54 Å². The molecule has 1 aliphatic heterocycles. The summed E-state index contributed by atoms with van der Waals surface area (Å²) in [6, 6.07) is -0.0698. The summed E-state index contributed by atoms with van der Waals surface area (Å²) in [5.41, 5.74) is 0. The molecule has 102 valence electrons. The number of hydrogen-bond donors (Lipinski definition) is 4. The van der Waals surface area contributed by atoms with Gasteiger partial charge in [-0.3, -0.25) is 0 Å². The van der Waals surface area contributed by atoms with E-state index in [1.54, 1.807) is 0 Å². The second-order valence-electron chi connectivity index (χ2n) is 5.12. The predicted octanol–water partition coefficient (Wildman–Crippen LogP) is 0.791. The van der Waals surface area contributed by atoms with Crippen LogP contribution in [0.25, 0.3) is 0 Å². The molecule has 0 aromatic rings. The third-order valence-corrected chi connectivity index (χ3v) is 3.61. The minimum absolute atomic E-state index is 0.0698. The van der Waals surface area contributed by atoms with Crippen molar-refractivity contribution in [3.8, 4) is 0 Å². The average molecular weight is 245 g/mol. The second-order valence-corrected chi connectivity index (χ2v) is 5.12. The standard InChI is InChI=1S/C13H27NO3/c1-2-3-4-5-6-7-8-10-12(16)13(17)11(15)9-14-10/h10-17H,2-9H2,1H3/t10-,11-,12-,13-/m1/s1. The summed E-state index contributed by atoms with van der Waals surface area (Å²) < 4.78 is 0. The molecule has 4 atom stereocenters. The number of rotatable bonds is 7. The van der Waals surface area contributed by atoms with Crippen LogP contribution in [-0.2, 0) is 0 Å². The van der Waals surface area contributed by atoms with Crippen LogP contribution in [0.4, 0.5) is 0 Å². The van der Waals surface area contributed by atoms with Crippen LogP contribution >= 0.6 is 0 Å². The van der Waals surface area contributed by atoms with E-state index >= 15 is 0 Å². The van der Waals surface area contributed by atoms with Crippen molar-refractivity contribution in [3.05, 3.63) is 0 Å². The maximum absolute atomic E-state index is 9.78. The zero-order valence-corrected chi connectivity index (χ0v) is 10.8. The largest absolute Gasteiger partial charge is 0.389 e. The number of hydrogen-bond acceptors (Lipinski definition) is 4. The van der Waals surface area contributed by atoms with E-state index in [1.807, 2.05) is 0 Å². The first-order valence-corrected chi connectivity index (χ1v) is 6.94. The monoisotopic (exact) mass is 245 g/mol.